The Hall–Kier alpha value is -3.89. The second-order valence-electron chi connectivity index (χ2n) is 11.1. The fourth-order valence-corrected chi connectivity index (χ4v) is 6.64. The zero-order valence-electron chi connectivity index (χ0n) is 22.6. The van der Waals surface area contributed by atoms with Gasteiger partial charge in [0.25, 0.3) is 0 Å². The van der Waals surface area contributed by atoms with Gasteiger partial charge in [0, 0.05) is 34.5 Å². The van der Waals surface area contributed by atoms with Crippen molar-refractivity contribution in [3.63, 3.8) is 0 Å². The molecule has 1 unspecified atom stereocenters. The number of Topliss-reactive ketones (excluding diaryl/α,β-unsaturated/α-hetero) is 1. The molecule has 2 N–H and O–H groups in total. The fraction of sp³-hybridized carbons (Fsp3) is 0.281. The molecule has 1 aliphatic heterocycles. The molecule has 0 fully saturated rings. The molecule has 0 saturated carbocycles. The molecule has 5 nitrogen and oxygen atoms in total. The van der Waals surface area contributed by atoms with Crippen LogP contribution < -0.4 is 10.6 Å². The van der Waals surface area contributed by atoms with E-state index in [9.17, 15) is 14.4 Å². The quantitative estimate of drug-likeness (QED) is 0.350. The number of nitriles is 1. The number of nitrogens with two attached hydrogens (primary N) is 1. The van der Waals surface area contributed by atoms with Gasteiger partial charge in [-0.1, -0.05) is 26.0 Å². The lowest BCUT2D eigenvalue weighted by atomic mass is 9.68. The highest BCUT2D eigenvalue weighted by Gasteiger charge is 2.45. The zero-order valence-corrected chi connectivity index (χ0v) is 23.4. The highest BCUT2D eigenvalue weighted by Crippen LogP contribution is 2.50. The Labute approximate surface area is 233 Å². The average molecular weight is 539 g/mol. The molecule has 0 bridgehead atoms. The molecule has 2 heterocycles. The van der Waals surface area contributed by atoms with Crippen molar-refractivity contribution >= 4 is 23.2 Å². The van der Waals surface area contributed by atoms with E-state index < -0.39 is 5.92 Å². The van der Waals surface area contributed by atoms with Crippen LogP contribution in [0, 0.1) is 36.4 Å². The van der Waals surface area contributed by atoms with Crippen molar-refractivity contribution in [2.75, 3.05) is 4.90 Å². The van der Waals surface area contributed by atoms with Crippen LogP contribution in [-0.2, 0) is 10.5 Å². The average Bonchev–Trinajstić information content (AvgIpc) is 2.88. The predicted octanol–water partition coefficient (Wildman–Crippen LogP) is 7.07. The summed E-state index contributed by atoms with van der Waals surface area (Å²) in [6.07, 6.45) is 4.45. The Morgan fingerprint density at radius 2 is 1.90 bits per heavy atom. The Bertz CT molecular complexity index is 1550. The molecule has 0 spiro atoms. The van der Waals surface area contributed by atoms with Gasteiger partial charge in [-0.15, -0.1) is 11.8 Å². The monoisotopic (exact) mass is 538 g/mol. The number of rotatable bonds is 5. The van der Waals surface area contributed by atoms with E-state index in [1.165, 1.54) is 12.1 Å². The Morgan fingerprint density at radius 3 is 2.56 bits per heavy atom. The minimum absolute atomic E-state index is 0.0441. The van der Waals surface area contributed by atoms with E-state index >= 15 is 0 Å². The number of thioether (sulfide) groups is 1. The number of aromatic nitrogens is 1. The van der Waals surface area contributed by atoms with E-state index in [1.807, 2.05) is 24.0 Å². The highest BCUT2D eigenvalue weighted by molar-refractivity contribution is 7.98. The van der Waals surface area contributed by atoms with E-state index in [2.05, 4.69) is 44.0 Å². The van der Waals surface area contributed by atoms with Gasteiger partial charge in [-0.2, -0.15) is 5.26 Å². The molecule has 5 rings (SSSR count). The van der Waals surface area contributed by atoms with Crippen LogP contribution in [-0.4, -0.2) is 10.8 Å². The van der Waals surface area contributed by atoms with Crippen molar-refractivity contribution in [2.45, 2.75) is 57.1 Å². The summed E-state index contributed by atoms with van der Waals surface area (Å²) in [5, 5.41) is 10.4. The Kier molecular flexibility index (Phi) is 7.09. The molecule has 0 amide bonds. The second kappa shape index (κ2) is 10.3. The zero-order chi connectivity index (χ0) is 27.9. The normalized spacial score (nSPS) is 18.7. The number of carbonyl (C=O) groups is 1. The molecule has 1 atom stereocenters. The number of halogens is 1. The summed E-state index contributed by atoms with van der Waals surface area (Å²) in [6, 6.07) is 16.8. The van der Waals surface area contributed by atoms with Gasteiger partial charge < -0.3 is 5.73 Å². The van der Waals surface area contributed by atoms with Gasteiger partial charge >= 0.3 is 0 Å². The van der Waals surface area contributed by atoms with Crippen LogP contribution in [0.3, 0.4) is 0 Å². The van der Waals surface area contributed by atoms with Crippen molar-refractivity contribution in [1.82, 2.24) is 4.98 Å². The molecule has 39 heavy (non-hydrogen) atoms. The van der Waals surface area contributed by atoms with Crippen LogP contribution in [0.4, 0.5) is 10.1 Å². The topological polar surface area (TPSA) is 83.0 Å². The lowest BCUT2D eigenvalue weighted by Crippen LogP contribution is -2.42. The number of ketones is 1. The molecule has 1 aliphatic carbocycles. The summed E-state index contributed by atoms with van der Waals surface area (Å²) in [5.41, 5.74) is 13.3. The van der Waals surface area contributed by atoms with Crippen molar-refractivity contribution in [1.29, 1.82) is 5.26 Å². The van der Waals surface area contributed by atoms with E-state index in [0.29, 0.717) is 35.6 Å². The number of allylic oxidation sites excluding steroid dienone is 3. The maximum Gasteiger partial charge on any atom is 0.162 e. The van der Waals surface area contributed by atoms with Crippen LogP contribution >= 0.6 is 11.8 Å². The number of hydrogen-bond donors (Lipinski definition) is 1. The first-order chi connectivity index (χ1) is 18.6. The SMILES string of the molecule is Cc1cc(C)c(C2C(C#N)=C(N)N(c3cccnc3)C3=C2C(=O)CC(C)(C)C3)cc1CSc1ccc(F)cc1. The van der Waals surface area contributed by atoms with Crippen molar-refractivity contribution < 1.29 is 9.18 Å². The third-order valence-corrected chi connectivity index (χ3v) is 8.59. The van der Waals surface area contributed by atoms with E-state index in [1.54, 1.807) is 36.3 Å². The molecule has 0 radical (unpaired) electrons. The molecular weight excluding hydrogens is 507 g/mol. The molecule has 198 valence electrons. The maximum atomic E-state index is 13.9. The third kappa shape index (κ3) is 5.09. The molecule has 3 aromatic rings. The number of aryl methyl sites for hydroxylation is 2. The first-order valence-electron chi connectivity index (χ1n) is 12.9. The van der Waals surface area contributed by atoms with E-state index in [-0.39, 0.29) is 17.0 Å². The van der Waals surface area contributed by atoms with Gasteiger partial charge in [-0.25, -0.2) is 4.39 Å². The van der Waals surface area contributed by atoms with Gasteiger partial charge in [0.1, 0.15) is 11.6 Å². The summed E-state index contributed by atoms with van der Waals surface area (Å²) >= 11 is 1.62. The molecule has 1 aromatic heterocycles. The minimum atomic E-state index is -0.545. The van der Waals surface area contributed by atoms with Gasteiger partial charge in [0.2, 0.25) is 0 Å². The van der Waals surface area contributed by atoms with E-state index in [4.69, 9.17) is 5.73 Å². The summed E-state index contributed by atoms with van der Waals surface area (Å²) in [5.74, 6) is 0.248. The summed E-state index contributed by atoms with van der Waals surface area (Å²) in [7, 11) is 0. The molecule has 7 heteroatoms. The summed E-state index contributed by atoms with van der Waals surface area (Å²) < 4.78 is 13.4. The molecule has 2 aliphatic rings. The maximum absolute atomic E-state index is 13.9. The van der Waals surface area contributed by atoms with Gasteiger partial charge in [0.15, 0.2) is 5.78 Å². The van der Waals surface area contributed by atoms with Crippen molar-refractivity contribution in [2.24, 2.45) is 11.1 Å². The van der Waals surface area contributed by atoms with E-state index in [0.717, 1.165) is 38.5 Å². The Balaban J connectivity index is 1.65. The van der Waals surface area contributed by atoms with Gasteiger partial charge in [-0.3, -0.25) is 14.7 Å². The number of hydrogen-bond acceptors (Lipinski definition) is 6. The smallest absolute Gasteiger partial charge is 0.162 e. The number of benzene rings is 2. The molecule has 2 aromatic carbocycles. The largest absolute Gasteiger partial charge is 0.384 e. The minimum Gasteiger partial charge on any atom is -0.384 e. The second-order valence-corrected chi connectivity index (χ2v) is 12.1. The Morgan fingerprint density at radius 1 is 1.15 bits per heavy atom. The van der Waals surface area contributed by atoms with Crippen molar-refractivity contribution in [3.05, 3.63) is 112 Å². The lowest BCUT2D eigenvalue weighted by molar-refractivity contribution is -0.118. The molecule has 0 saturated heterocycles. The predicted molar refractivity (Wildman–Crippen MR) is 153 cm³/mol. The molecular formula is C32H31FN4OS. The number of anilines is 1. The van der Waals surface area contributed by atoms with Crippen LogP contribution in [0.5, 0.6) is 0 Å². The van der Waals surface area contributed by atoms with Crippen LogP contribution in [0.1, 0.15) is 54.9 Å². The standard InChI is InChI=1S/C32H31FN4OS/c1-19-12-20(2)25(13-21(19)18-39-24-9-7-22(33)8-10-24)29-26(16-34)31(35)37(23-6-5-11-36-17-23)27-14-32(3,4)15-28(38)30(27)29/h5-13,17,29H,14-15,18,35H2,1-4H3. The number of nitrogens with zero attached hydrogens (tertiary/aromatic N) is 3. The van der Waals surface area contributed by atoms with Gasteiger partial charge in [0.05, 0.1) is 29.4 Å². The van der Waals surface area contributed by atoms with Crippen molar-refractivity contribution in [3.8, 4) is 6.07 Å². The van der Waals surface area contributed by atoms with Crippen LogP contribution in [0.2, 0.25) is 0 Å². The fourth-order valence-electron chi connectivity index (χ4n) is 5.68. The van der Waals surface area contributed by atoms with Gasteiger partial charge in [-0.05, 0) is 84.3 Å². The van der Waals surface area contributed by atoms with Crippen LogP contribution in [0.15, 0.2) is 88.5 Å². The summed E-state index contributed by atoms with van der Waals surface area (Å²) in [4.78, 5) is 21.0. The first kappa shape index (κ1) is 26.7. The lowest BCUT2D eigenvalue weighted by Gasteiger charge is -2.44. The first-order valence-corrected chi connectivity index (χ1v) is 13.9. The number of carbonyl (C=O) groups excluding carboxylic acids is 1. The summed E-state index contributed by atoms with van der Waals surface area (Å²) in [6.45, 7) is 8.27. The highest BCUT2D eigenvalue weighted by atomic mass is 32.2. The number of pyridine rings is 1. The van der Waals surface area contributed by atoms with Crippen LogP contribution in [0.25, 0.3) is 0 Å². The third-order valence-electron chi connectivity index (χ3n) is 7.53.